The summed E-state index contributed by atoms with van der Waals surface area (Å²) in [5.74, 6) is 3.38. The molecule has 1 heterocycles. The summed E-state index contributed by atoms with van der Waals surface area (Å²) >= 11 is 0. The van der Waals surface area contributed by atoms with Gasteiger partial charge < -0.3 is 14.7 Å². The molecule has 0 aromatic heterocycles. The third-order valence-electron chi connectivity index (χ3n) is 15.2. The highest BCUT2D eigenvalue weighted by Crippen LogP contribution is 2.75. The van der Waals surface area contributed by atoms with E-state index in [4.69, 9.17) is 0 Å². The molecular formula is C38H69N3O. The summed E-state index contributed by atoms with van der Waals surface area (Å²) < 4.78 is 0. The van der Waals surface area contributed by atoms with E-state index in [1.54, 1.807) is 0 Å². The van der Waals surface area contributed by atoms with Gasteiger partial charge in [0.15, 0.2) is 0 Å². The van der Waals surface area contributed by atoms with Crippen molar-refractivity contribution in [1.29, 1.82) is 0 Å². The first kappa shape index (κ1) is 32.8. The number of rotatable bonds is 11. The molecule has 0 spiro atoms. The third-order valence-corrected chi connectivity index (χ3v) is 15.2. The van der Waals surface area contributed by atoms with Crippen molar-refractivity contribution in [2.45, 2.75) is 138 Å². The highest BCUT2D eigenvalue weighted by molar-refractivity contribution is 5.84. The van der Waals surface area contributed by atoms with Gasteiger partial charge in [-0.2, -0.15) is 0 Å². The van der Waals surface area contributed by atoms with Gasteiger partial charge in [0.25, 0.3) is 0 Å². The predicted octanol–water partition coefficient (Wildman–Crippen LogP) is 8.35. The Hall–Kier alpha value is -0.610. The second-order valence-electron chi connectivity index (χ2n) is 18.0. The van der Waals surface area contributed by atoms with Gasteiger partial charge in [0.2, 0.25) is 5.91 Å². The predicted molar refractivity (Wildman–Crippen MR) is 177 cm³/mol. The minimum atomic E-state index is -0.105. The molecule has 7 atom stereocenters. The molecule has 4 heteroatoms. The van der Waals surface area contributed by atoms with Gasteiger partial charge in [0.1, 0.15) is 0 Å². The normalized spacial score (nSPS) is 39.0. The zero-order valence-electron chi connectivity index (χ0n) is 29.7. The number of amides is 1. The largest absolute Gasteiger partial charge is 0.338 e. The number of nitrogens with zero attached hydrogens (tertiary/aromatic N) is 3. The van der Waals surface area contributed by atoms with Gasteiger partial charge in [0.05, 0.1) is 5.41 Å². The van der Waals surface area contributed by atoms with Crippen LogP contribution in [0.25, 0.3) is 0 Å². The van der Waals surface area contributed by atoms with Crippen molar-refractivity contribution in [3.8, 4) is 0 Å². The first-order chi connectivity index (χ1) is 19.7. The van der Waals surface area contributed by atoms with E-state index in [1.807, 2.05) is 0 Å². The molecule has 0 N–H and O–H groups in total. The van der Waals surface area contributed by atoms with E-state index >= 15 is 4.79 Å². The molecule has 4 saturated carbocycles. The Bertz CT molecular complexity index is 969. The number of hydrogen-bond acceptors (Lipinski definition) is 3. The van der Waals surface area contributed by atoms with E-state index in [-0.39, 0.29) is 5.41 Å². The second-order valence-corrected chi connectivity index (χ2v) is 18.0. The quantitative estimate of drug-likeness (QED) is 0.245. The SMILES string of the molecule is CCCC(C)(C)C1CC[C@@H]2C3[C@H](C4(C)CC4)CC[C@]3(C(=O)N3CCC[C@H]3CN(C)CCN(C)CC)CC[C@@]2(C)C1(C)C. The Morgan fingerprint density at radius 2 is 1.55 bits per heavy atom. The van der Waals surface area contributed by atoms with Crippen molar-refractivity contribution in [2.24, 2.45) is 50.7 Å². The Morgan fingerprint density at radius 1 is 0.857 bits per heavy atom. The van der Waals surface area contributed by atoms with Crippen molar-refractivity contribution in [1.82, 2.24) is 14.7 Å². The van der Waals surface area contributed by atoms with Gasteiger partial charge in [-0.05, 0) is 137 Å². The average Bonchev–Trinajstić information content (AvgIpc) is 3.32. The van der Waals surface area contributed by atoms with E-state index in [0.29, 0.717) is 45.4 Å². The Morgan fingerprint density at radius 3 is 2.19 bits per heavy atom. The van der Waals surface area contributed by atoms with Crippen LogP contribution in [0.3, 0.4) is 0 Å². The molecule has 2 unspecified atom stereocenters. The van der Waals surface area contributed by atoms with Crippen LogP contribution in [-0.4, -0.2) is 73.5 Å². The number of fused-ring (bicyclic) bond motifs is 3. The monoisotopic (exact) mass is 584 g/mol. The second kappa shape index (κ2) is 11.6. The zero-order valence-corrected chi connectivity index (χ0v) is 29.7. The number of likely N-dealkylation sites (tertiary alicyclic amines) is 1. The van der Waals surface area contributed by atoms with Crippen molar-refractivity contribution in [2.75, 3.05) is 46.8 Å². The molecule has 0 aromatic carbocycles. The van der Waals surface area contributed by atoms with E-state index in [1.165, 1.54) is 64.2 Å². The lowest BCUT2D eigenvalue weighted by Gasteiger charge is -2.67. The molecule has 1 amide bonds. The molecule has 0 bridgehead atoms. The fraction of sp³-hybridized carbons (Fsp3) is 0.974. The zero-order chi connectivity index (χ0) is 30.7. The van der Waals surface area contributed by atoms with Gasteiger partial charge in [-0.25, -0.2) is 0 Å². The maximum absolute atomic E-state index is 15.1. The Balaban J connectivity index is 1.43. The van der Waals surface area contributed by atoms with Crippen LogP contribution in [0.2, 0.25) is 0 Å². The lowest BCUT2D eigenvalue weighted by Crippen LogP contribution is -2.63. The standard InChI is InChI=1S/C38H69N3O/c1-11-18-34(3,4)31-16-15-30-32-29(36(7)20-21-36)17-19-38(32,23-22-37(30,8)35(31,5)6)33(42)41-24-13-14-28(41)27-40(10)26-25-39(9)12-2/h28-32H,11-27H2,1-10H3/t28-,29+,30+,31?,32?,37+,38-/m0/s1. The highest BCUT2D eigenvalue weighted by Gasteiger charge is 2.70. The molecule has 42 heavy (non-hydrogen) atoms. The van der Waals surface area contributed by atoms with E-state index in [0.717, 1.165) is 57.4 Å². The number of carbonyl (C=O) groups is 1. The third kappa shape index (κ3) is 5.33. The summed E-state index contributed by atoms with van der Waals surface area (Å²) in [6.45, 7) is 25.6. The van der Waals surface area contributed by atoms with Crippen molar-refractivity contribution in [3.63, 3.8) is 0 Å². The van der Waals surface area contributed by atoms with Gasteiger partial charge >= 0.3 is 0 Å². The first-order valence-electron chi connectivity index (χ1n) is 18.3. The first-order valence-corrected chi connectivity index (χ1v) is 18.3. The minimum Gasteiger partial charge on any atom is -0.338 e. The van der Waals surface area contributed by atoms with E-state index in [9.17, 15) is 0 Å². The minimum absolute atomic E-state index is 0.105. The van der Waals surface area contributed by atoms with Crippen LogP contribution >= 0.6 is 0 Å². The molecule has 5 rings (SSSR count). The van der Waals surface area contributed by atoms with Crippen LogP contribution in [-0.2, 0) is 4.79 Å². The summed E-state index contributed by atoms with van der Waals surface area (Å²) in [5.41, 5.74) is 1.38. The van der Waals surface area contributed by atoms with Crippen LogP contribution in [0.15, 0.2) is 0 Å². The summed E-state index contributed by atoms with van der Waals surface area (Å²) in [4.78, 5) is 22.5. The molecule has 4 nitrogen and oxygen atoms in total. The Labute approximate surface area is 261 Å². The molecule has 5 fully saturated rings. The summed E-state index contributed by atoms with van der Waals surface area (Å²) in [6, 6.07) is 0.398. The molecule has 1 aliphatic heterocycles. The van der Waals surface area contributed by atoms with Crippen LogP contribution in [0, 0.1) is 50.7 Å². The molecular weight excluding hydrogens is 514 g/mol. The molecule has 1 saturated heterocycles. The molecule has 0 aromatic rings. The number of likely N-dealkylation sites (N-methyl/N-ethyl adjacent to an activating group) is 2. The molecule has 0 radical (unpaired) electrons. The van der Waals surface area contributed by atoms with Crippen LogP contribution < -0.4 is 0 Å². The fourth-order valence-electron chi connectivity index (χ4n) is 12.0. The molecule has 4 aliphatic carbocycles. The lowest BCUT2D eigenvalue weighted by molar-refractivity contribution is -0.193. The highest BCUT2D eigenvalue weighted by atomic mass is 16.2. The average molecular weight is 584 g/mol. The summed E-state index contributed by atoms with van der Waals surface area (Å²) in [5, 5.41) is 0. The molecule has 242 valence electrons. The lowest BCUT2D eigenvalue weighted by atomic mass is 9.38. The van der Waals surface area contributed by atoms with Crippen LogP contribution in [0.1, 0.15) is 132 Å². The summed E-state index contributed by atoms with van der Waals surface area (Å²) in [6.07, 6.45) is 15.3. The number of hydrogen-bond donors (Lipinski definition) is 0. The topological polar surface area (TPSA) is 26.8 Å². The van der Waals surface area contributed by atoms with Crippen LogP contribution in [0.5, 0.6) is 0 Å². The maximum Gasteiger partial charge on any atom is 0.229 e. The van der Waals surface area contributed by atoms with E-state index < -0.39 is 0 Å². The van der Waals surface area contributed by atoms with Gasteiger partial charge in [0, 0.05) is 32.2 Å². The van der Waals surface area contributed by atoms with E-state index in [2.05, 4.69) is 84.2 Å². The fourth-order valence-corrected chi connectivity index (χ4v) is 12.0. The smallest absolute Gasteiger partial charge is 0.229 e. The Kier molecular flexibility index (Phi) is 9.08. The van der Waals surface area contributed by atoms with Crippen molar-refractivity contribution in [3.05, 3.63) is 0 Å². The van der Waals surface area contributed by atoms with Crippen LogP contribution in [0.4, 0.5) is 0 Å². The summed E-state index contributed by atoms with van der Waals surface area (Å²) in [7, 11) is 4.49. The number of carbonyl (C=O) groups excluding carboxylic acids is 1. The van der Waals surface area contributed by atoms with Crippen molar-refractivity contribution < 1.29 is 4.79 Å². The maximum atomic E-state index is 15.1. The van der Waals surface area contributed by atoms with Crippen molar-refractivity contribution >= 4 is 5.91 Å². The van der Waals surface area contributed by atoms with Gasteiger partial charge in [-0.1, -0.05) is 61.8 Å². The van der Waals surface area contributed by atoms with Gasteiger partial charge in [-0.15, -0.1) is 0 Å². The molecule has 5 aliphatic rings. The van der Waals surface area contributed by atoms with Gasteiger partial charge in [-0.3, -0.25) is 4.79 Å².